The van der Waals surface area contributed by atoms with Crippen LogP contribution in [-0.4, -0.2) is 57.8 Å². The van der Waals surface area contributed by atoms with Crippen molar-refractivity contribution in [1.82, 2.24) is 14.9 Å². The largest absolute Gasteiger partial charge is 0.497 e. The molecular formula is C27H33N3O4. The second-order valence-corrected chi connectivity index (χ2v) is 9.14. The molecule has 3 aromatic rings. The van der Waals surface area contributed by atoms with Crippen LogP contribution >= 0.6 is 0 Å². The Morgan fingerprint density at radius 1 is 1.26 bits per heavy atom. The van der Waals surface area contributed by atoms with Gasteiger partial charge in [-0.1, -0.05) is 6.07 Å². The van der Waals surface area contributed by atoms with Crippen molar-refractivity contribution >= 4 is 16.9 Å². The Labute approximate surface area is 200 Å². The van der Waals surface area contributed by atoms with Gasteiger partial charge < -0.3 is 19.8 Å². The Balaban J connectivity index is 1.34. The van der Waals surface area contributed by atoms with Crippen molar-refractivity contribution in [2.24, 2.45) is 11.8 Å². The zero-order valence-corrected chi connectivity index (χ0v) is 19.6. The maximum Gasteiger partial charge on any atom is 0.308 e. The number of benzene rings is 1. The number of pyridine rings is 2. The predicted molar refractivity (Wildman–Crippen MR) is 131 cm³/mol. The molecule has 1 saturated heterocycles. The average Bonchev–Trinajstić information content (AvgIpc) is 2.87. The van der Waals surface area contributed by atoms with E-state index in [1.165, 1.54) is 5.56 Å². The molecule has 0 bridgehead atoms. The number of likely N-dealkylation sites (tertiary alicyclic amines) is 1. The van der Waals surface area contributed by atoms with Crippen LogP contribution in [0, 0.1) is 11.8 Å². The normalized spacial score (nSPS) is 19.7. The van der Waals surface area contributed by atoms with Crippen LogP contribution in [0.5, 0.6) is 5.75 Å². The van der Waals surface area contributed by atoms with Gasteiger partial charge in [0.05, 0.1) is 24.6 Å². The first-order chi connectivity index (χ1) is 16.5. The summed E-state index contributed by atoms with van der Waals surface area (Å²) in [6.07, 6.45) is 8.66. The van der Waals surface area contributed by atoms with E-state index in [0.717, 1.165) is 54.6 Å². The topological polar surface area (TPSA) is 95.8 Å². The van der Waals surface area contributed by atoms with Crippen LogP contribution in [0.2, 0.25) is 0 Å². The number of piperidine rings is 1. The standard InChI is InChI=1S/C27H33N3O4/c1-34-21-7-8-25-23(16-21)22(10-13-29-25)26(31)9-6-20-11-15-30(18-24(20)27(32)33)14-3-5-19-4-2-12-28-17-19/h2,4,7-8,10,12-13,16-17,20,24,26,31H,3,5-6,9,11,14-15,18H2,1H3,(H,32,33)/t20-,24+,26+/m1/s1. The molecule has 0 amide bonds. The van der Waals surface area contributed by atoms with Crippen molar-refractivity contribution in [2.75, 3.05) is 26.7 Å². The number of hydrogen-bond donors (Lipinski definition) is 2. The van der Waals surface area contributed by atoms with Gasteiger partial charge >= 0.3 is 5.97 Å². The smallest absolute Gasteiger partial charge is 0.308 e. The van der Waals surface area contributed by atoms with Gasteiger partial charge in [0.25, 0.3) is 0 Å². The highest BCUT2D eigenvalue weighted by Gasteiger charge is 2.34. The van der Waals surface area contributed by atoms with E-state index in [0.29, 0.717) is 19.4 Å². The monoisotopic (exact) mass is 463 g/mol. The van der Waals surface area contributed by atoms with Crippen LogP contribution in [0.3, 0.4) is 0 Å². The summed E-state index contributed by atoms with van der Waals surface area (Å²) in [6, 6.07) is 11.5. The van der Waals surface area contributed by atoms with Crippen LogP contribution in [-0.2, 0) is 11.2 Å². The van der Waals surface area contributed by atoms with E-state index < -0.39 is 18.0 Å². The highest BCUT2D eigenvalue weighted by atomic mass is 16.5. The van der Waals surface area contributed by atoms with Gasteiger partial charge in [0.1, 0.15) is 5.75 Å². The Morgan fingerprint density at radius 2 is 2.15 bits per heavy atom. The molecule has 4 rings (SSSR count). The van der Waals surface area contributed by atoms with Gasteiger partial charge in [-0.25, -0.2) is 0 Å². The number of aryl methyl sites for hydroxylation is 1. The van der Waals surface area contributed by atoms with Crippen LogP contribution < -0.4 is 4.74 Å². The molecule has 0 unspecified atom stereocenters. The molecule has 34 heavy (non-hydrogen) atoms. The third-order valence-corrected chi connectivity index (χ3v) is 6.97. The number of fused-ring (bicyclic) bond motifs is 1. The van der Waals surface area contributed by atoms with E-state index in [4.69, 9.17) is 4.74 Å². The summed E-state index contributed by atoms with van der Waals surface area (Å²) >= 11 is 0. The van der Waals surface area contributed by atoms with Crippen LogP contribution in [0.1, 0.15) is 42.9 Å². The Morgan fingerprint density at radius 3 is 2.91 bits per heavy atom. The van der Waals surface area contributed by atoms with Crippen molar-refractivity contribution < 1.29 is 19.7 Å². The first kappa shape index (κ1) is 24.1. The number of ether oxygens (including phenoxy) is 1. The molecule has 7 heteroatoms. The van der Waals surface area contributed by atoms with Crippen molar-refractivity contribution in [3.8, 4) is 5.75 Å². The minimum absolute atomic E-state index is 0.0596. The van der Waals surface area contributed by atoms with Gasteiger partial charge in [-0.15, -0.1) is 0 Å². The van der Waals surface area contributed by atoms with Crippen molar-refractivity contribution in [3.05, 3.63) is 66.1 Å². The zero-order chi connectivity index (χ0) is 23.9. The zero-order valence-electron chi connectivity index (χ0n) is 19.6. The number of carboxylic acid groups (broad SMARTS) is 1. The van der Waals surface area contributed by atoms with Crippen molar-refractivity contribution in [2.45, 2.75) is 38.2 Å². The SMILES string of the molecule is COc1ccc2nccc([C@@H](O)CC[C@@H]3CCN(CCCc4cccnc4)C[C@@H]3C(=O)O)c2c1. The summed E-state index contributed by atoms with van der Waals surface area (Å²) in [7, 11) is 1.62. The molecule has 1 aliphatic rings. The van der Waals surface area contributed by atoms with E-state index >= 15 is 0 Å². The molecule has 0 aliphatic carbocycles. The van der Waals surface area contributed by atoms with E-state index in [-0.39, 0.29) is 5.92 Å². The Bertz CT molecular complexity index is 1090. The second-order valence-electron chi connectivity index (χ2n) is 9.14. The molecule has 2 aromatic heterocycles. The highest BCUT2D eigenvalue weighted by molar-refractivity contribution is 5.83. The summed E-state index contributed by atoms with van der Waals surface area (Å²) in [5.74, 6) is -0.371. The molecule has 3 atom stereocenters. The van der Waals surface area contributed by atoms with Crippen LogP contribution in [0.25, 0.3) is 10.9 Å². The predicted octanol–water partition coefficient (Wildman–Crippen LogP) is 4.11. The number of aromatic nitrogens is 2. The van der Waals surface area contributed by atoms with Gasteiger partial charge in [-0.3, -0.25) is 14.8 Å². The Hall–Kier alpha value is -3.03. The lowest BCUT2D eigenvalue weighted by Gasteiger charge is -2.37. The third kappa shape index (κ3) is 5.90. The van der Waals surface area contributed by atoms with E-state index in [2.05, 4.69) is 20.9 Å². The summed E-state index contributed by atoms with van der Waals surface area (Å²) in [6.45, 7) is 2.35. The molecule has 3 heterocycles. The molecule has 0 saturated carbocycles. The summed E-state index contributed by atoms with van der Waals surface area (Å²) in [5, 5.41) is 21.7. The lowest BCUT2D eigenvalue weighted by Crippen LogP contribution is -2.44. The van der Waals surface area contributed by atoms with Crippen LogP contribution in [0.4, 0.5) is 0 Å². The fraction of sp³-hybridized carbons (Fsp3) is 0.444. The number of aliphatic hydroxyl groups is 1. The quantitative estimate of drug-likeness (QED) is 0.467. The molecule has 1 aromatic carbocycles. The number of aliphatic hydroxyl groups excluding tert-OH is 1. The summed E-state index contributed by atoms with van der Waals surface area (Å²) < 4.78 is 5.33. The fourth-order valence-corrected chi connectivity index (χ4v) is 5.04. The van der Waals surface area contributed by atoms with Gasteiger partial charge in [-0.05, 0) is 92.6 Å². The number of aliphatic carboxylic acids is 1. The molecular weight excluding hydrogens is 430 g/mol. The molecule has 1 aliphatic heterocycles. The third-order valence-electron chi connectivity index (χ3n) is 6.97. The summed E-state index contributed by atoms with van der Waals surface area (Å²) in [5.41, 5.74) is 2.83. The van der Waals surface area contributed by atoms with E-state index in [1.54, 1.807) is 19.5 Å². The second kappa shape index (κ2) is 11.4. The van der Waals surface area contributed by atoms with Crippen molar-refractivity contribution in [1.29, 1.82) is 0 Å². The number of rotatable bonds is 10. The number of carbonyl (C=O) groups is 1. The molecule has 0 radical (unpaired) electrons. The van der Waals surface area contributed by atoms with E-state index in [9.17, 15) is 15.0 Å². The molecule has 180 valence electrons. The first-order valence-electron chi connectivity index (χ1n) is 12.0. The maximum absolute atomic E-state index is 12.0. The number of carboxylic acids is 1. The fourth-order valence-electron chi connectivity index (χ4n) is 5.04. The average molecular weight is 464 g/mol. The number of nitrogens with zero attached hydrogens (tertiary/aromatic N) is 3. The molecule has 1 fully saturated rings. The minimum atomic E-state index is -0.740. The van der Waals surface area contributed by atoms with Gasteiger partial charge in [-0.2, -0.15) is 0 Å². The number of hydrogen-bond acceptors (Lipinski definition) is 6. The minimum Gasteiger partial charge on any atom is -0.497 e. The summed E-state index contributed by atoms with van der Waals surface area (Å²) in [4.78, 5) is 22.9. The molecule has 7 nitrogen and oxygen atoms in total. The highest BCUT2D eigenvalue weighted by Crippen LogP contribution is 2.33. The van der Waals surface area contributed by atoms with Crippen molar-refractivity contribution in [3.63, 3.8) is 0 Å². The maximum atomic E-state index is 12.0. The Kier molecular flexibility index (Phi) is 8.08. The van der Waals surface area contributed by atoms with Gasteiger partial charge in [0.2, 0.25) is 0 Å². The van der Waals surface area contributed by atoms with Gasteiger partial charge in [0, 0.05) is 30.5 Å². The lowest BCUT2D eigenvalue weighted by atomic mass is 9.81. The van der Waals surface area contributed by atoms with Gasteiger partial charge in [0.15, 0.2) is 0 Å². The lowest BCUT2D eigenvalue weighted by molar-refractivity contribution is -0.146. The van der Waals surface area contributed by atoms with Crippen LogP contribution in [0.15, 0.2) is 55.0 Å². The first-order valence-corrected chi connectivity index (χ1v) is 12.0. The molecule has 2 N–H and O–H groups in total. The van der Waals surface area contributed by atoms with E-state index in [1.807, 2.05) is 36.5 Å². The number of methoxy groups -OCH3 is 1. The molecule has 0 spiro atoms.